The highest BCUT2D eigenvalue weighted by Gasteiger charge is 2.79. The number of nitrogens with one attached hydrogen (secondary N) is 1. The first-order valence-corrected chi connectivity index (χ1v) is 22.7. The Labute approximate surface area is 403 Å². The van der Waals surface area contributed by atoms with E-state index in [1.807, 2.05) is 0 Å². The van der Waals surface area contributed by atoms with Crippen LogP contribution in [0.3, 0.4) is 0 Å². The Balaban J connectivity index is 1.41. The number of ether oxygens (including phenoxy) is 7. The number of carbonyl (C=O) groups excluding carboxylic acids is 7. The molecular weight excluding hydrogens is 915 g/mol. The lowest BCUT2D eigenvalue weighted by Crippen LogP contribution is -2.82. The average molecular weight is 972 g/mol. The fourth-order valence-corrected chi connectivity index (χ4v) is 10.7. The minimum Gasteiger partial charge on any atom is -0.456 e. The Morgan fingerprint density at radius 3 is 1.97 bits per heavy atom. The third-order valence-electron chi connectivity index (χ3n) is 14.3. The Morgan fingerprint density at radius 1 is 0.814 bits per heavy atom. The summed E-state index contributed by atoms with van der Waals surface area (Å²) in [5, 5.41) is 47.8. The first-order valence-electron chi connectivity index (χ1n) is 22.7. The van der Waals surface area contributed by atoms with Crippen LogP contribution in [0.15, 0.2) is 102 Å². The summed E-state index contributed by atoms with van der Waals surface area (Å²) in [5.74, 6) is -7.51. The van der Waals surface area contributed by atoms with Gasteiger partial charge in [0.15, 0.2) is 23.6 Å². The smallest absolute Gasteiger partial charge is 0.456 e. The third-order valence-corrected chi connectivity index (χ3v) is 14.3. The zero-order valence-electron chi connectivity index (χ0n) is 39.4. The zero-order chi connectivity index (χ0) is 50.9. The van der Waals surface area contributed by atoms with Gasteiger partial charge < -0.3 is 58.9 Å². The number of fused-ring (bicyclic) bond motifs is 5. The summed E-state index contributed by atoms with van der Waals surface area (Å²) in [6, 6.07) is 22.4. The van der Waals surface area contributed by atoms with Gasteiger partial charge in [0.1, 0.15) is 42.7 Å². The van der Waals surface area contributed by atoms with Gasteiger partial charge in [0.25, 0.3) is 5.91 Å². The number of benzene rings is 3. The molecule has 19 nitrogen and oxygen atoms in total. The number of rotatable bonds is 14. The first kappa shape index (κ1) is 51.3. The lowest BCUT2D eigenvalue weighted by molar-refractivity contribution is -0.346. The predicted octanol–water partition coefficient (Wildman–Crippen LogP) is 3.25. The van der Waals surface area contributed by atoms with Crippen molar-refractivity contribution in [2.45, 2.75) is 114 Å². The van der Waals surface area contributed by atoms with Crippen LogP contribution in [-0.2, 0) is 52.3 Å². The van der Waals surface area contributed by atoms with E-state index in [2.05, 4.69) is 5.32 Å². The molecule has 7 rings (SSSR count). The van der Waals surface area contributed by atoms with Crippen molar-refractivity contribution in [1.82, 2.24) is 5.32 Å². The second kappa shape index (κ2) is 20.1. The summed E-state index contributed by atoms with van der Waals surface area (Å²) in [6.07, 6.45) is -14.4. The maximum atomic E-state index is 16.0. The molecule has 2 bridgehead atoms. The maximum absolute atomic E-state index is 16.0. The van der Waals surface area contributed by atoms with Crippen LogP contribution in [0.1, 0.15) is 86.7 Å². The Bertz CT molecular complexity index is 2520. The van der Waals surface area contributed by atoms with Crippen LogP contribution < -0.4 is 5.32 Å². The van der Waals surface area contributed by atoms with E-state index >= 15 is 4.79 Å². The summed E-state index contributed by atoms with van der Waals surface area (Å²) in [5.41, 5.74) is -8.00. The SMILES string of the molecule is CC(=O)O[C@H]1C(=O)[C@]2(C)[C@@H](OC(=O)OC[C@H](O)CO)C[C@H]3OC[C@@]3(OC(C)=O)[C@H]2[C@H](OC(=O)c2ccccc2)[C@]2(O)C[C@H](OC(=O)[C@H](O)[C@H](NC(=O)c3ccccc3)c3ccccc3)C(C)=C1C2(C)C. The largest absolute Gasteiger partial charge is 0.508 e. The number of esters is 4. The van der Waals surface area contributed by atoms with Crippen molar-refractivity contribution < 1.29 is 87.1 Å². The molecule has 1 heterocycles. The van der Waals surface area contributed by atoms with Crippen LogP contribution in [0.25, 0.3) is 0 Å². The molecular formula is C51H57NO18. The number of carbonyl (C=O) groups is 7. The molecule has 0 radical (unpaired) electrons. The van der Waals surface area contributed by atoms with Gasteiger partial charge in [0, 0.05) is 37.7 Å². The number of aliphatic hydroxyl groups is 4. The molecule has 12 atom stereocenters. The highest BCUT2D eigenvalue weighted by Crippen LogP contribution is 2.65. The molecule has 0 spiro atoms. The molecule has 3 fully saturated rings. The topological polar surface area (TPSA) is 277 Å². The summed E-state index contributed by atoms with van der Waals surface area (Å²) >= 11 is 0. The van der Waals surface area contributed by atoms with Gasteiger partial charge in [-0.1, -0.05) is 80.6 Å². The van der Waals surface area contributed by atoms with Gasteiger partial charge in [-0.15, -0.1) is 0 Å². The molecule has 2 saturated carbocycles. The maximum Gasteiger partial charge on any atom is 0.508 e. The molecule has 1 amide bonds. The highest BCUT2D eigenvalue weighted by atomic mass is 16.7. The van der Waals surface area contributed by atoms with Crippen molar-refractivity contribution in [2.24, 2.45) is 16.7 Å². The van der Waals surface area contributed by atoms with Gasteiger partial charge in [-0.3, -0.25) is 19.2 Å². The molecule has 374 valence electrons. The molecule has 0 aromatic heterocycles. The number of ketones is 1. The molecule has 5 N–H and O–H groups in total. The van der Waals surface area contributed by atoms with Crippen molar-refractivity contribution in [2.75, 3.05) is 19.8 Å². The molecule has 1 saturated heterocycles. The Kier molecular flexibility index (Phi) is 14.7. The van der Waals surface area contributed by atoms with Gasteiger partial charge in [-0.25, -0.2) is 14.4 Å². The molecule has 19 heteroatoms. The normalized spacial score (nSPS) is 29.9. The summed E-state index contributed by atoms with van der Waals surface area (Å²) in [6.45, 7) is 6.02. The average Bonchev–Trinajstić information content (AvgIpc) is 3.33. The van der Waals surface area contributed by atoms with E-state index in [-0.39, 0.29) is 28.7 Å². The fraction of sp³-hybridized carbons (Fsp3) is 0.471. The van der Waals surface area contributed by atoms with E-state index in [4.69, 9.17) is 33.2 Å². The van der Waals surface area contributed by atoms with Crippen LogP contribution in [0.4, 0.5) is 4.79 Å². The van der Waals surface area contributed by atoms with Crippen LogP contribution >= 0.6 is 0 Å². The first-order chi connectivity index (χ1) is 33.1. The van der Waals surface area contributed by atoms with E-state index in [1.54, 1.807) is 78.9 Å². The minimum absolute atomic E-state index is 0.00674. The van der Waals surface area contributed by atoms with E-state index in [9.17, 15) is 49.2 Å². The van der Waals surface area contributed by atoms with Crippen molar-refractivity contribution in [3.05, 3.63) is 119 Å². The highest BCUT2D eigenvalue weighted by molar-refractivity contribution is 5.96. The number of Topliss-reactive ketones (excluding diaryl/α,β-unsaturated/α-hetero) is 1. The van der Waals surface area contributed by atoms with Crippen LogP contribution in [-0.4, -0.2) is 136 Å². The second-order valence-electron chi connectivity index (χ2n) is 18.8. The van der Waals surface area contributed by atoms with Gasteiger partial charge in [0.2, 0.25) is 0 Å². The van der Waals surface area contributed by atoms with Gasteiger partial charge in [0.05, 0.1) is 36.2 Å². The molecule has 0 unspecified atom stereocenters. The van der Waals surface area contributed by atoms with Crippen molar-refractivity contribution in [3.63, 3.8) is 0 Å². The molecule has 3 aromatic carbocycles. The van der Waals surface area contributed by atoms with Gasteiger partial charge >= 0.3 is 30.0 Å². The van der Waals surface area contributed by atoms with E-state index in [0.717, 1.165) is 13.8 Å². The quantitative estimate of drug-likeness (QED) is 0.0881. The standard InChI is InChI=1S/C51H57NO18/c1-27-34(67-46(61)39(57)38(30-16-10-7-11-17-30)52-44(59)31-18-12-8-13-19-31)23-51(63)43(69-45(60)32-20-14-9-15-21-32)41-49(6,42(58)40(66-28(2)54)37(27)48(51,4)5)35(68-47(62)64-25-33(56)24-53)22-36-50(41,26-65-36)70-29(3)55/h7-21,33-36,38-41,43,53,56-57,63H,22-26H2,1-6H3,(H,52,59)/t33-,34+,35+,36-,38-,39-,40-,41+,43+,49-,50+,51-/m1/s1. The lowest BCUT2D eigenvalue weighted by Gasteiger charge is -2.67. The number of aliphatic hydroxyl groups excluding tert-OH is 3. The summed E-state index contributed by atoms with van der Waals surface area (Å²) < 4.78 is 41.6. The molecule has 3 aliphatic carbocycles. The fourth-order valence-electron chi connectivity index (χ4n) is 10.7. The monoisotopic (exact) mass is 971 g/mol. The Hall–Kier alpha value is -6.51. The van der Waals surface area contributed by atoms with Crippen molar-refractivity contribution >= 4 is 41.7 Å². The van der Waals surface area contributed by atoms with Crippen molar-refractivity contribution in [1.29, 1.82) is 0 Å². The van der Waals surface area contributed by atoms with Crippen LogP contribution in [0.5, 0.6) is 0 Å². The van der Waals surface area contributed by atoms with Crippen LogP contribution in [0, 0.1) is 16.7 Å². The molecule has 70 heavy (non-hydrogen) atoms. The van der Waals surface area contributed by atoms with E-state index in [0.29, 0.717) is 5.56 Å². The molecule has 3 aromatic rings. The second-order valence-corrected chi connectivity index (χ2v) is 18.8. The van der Waals surface area contributed by atoms with E-state index in [1.165, 1.54) is 39.8 Å². The zero-order valence-corrected chi connectivity index (χ0v) is 39.4. The minimum atomic E-state index is -2.53. The molecule has 1 aliphatic heterocycles. The predicted molar refractivity (Wildman–Crippen MR) is 241 cm³/mol. The summed E-state index contributed by atoms with van der Waals surface area (Å²) in [4.78, 5) is 98.5. The Morgan fingerprint density at radius 2 is 1.41 bits per heavy atom. The number of hydrogen-bond acceptors (Lipinski definition) is 18. The third kappa shape index (κ3) is 9.31. The number of amides is 1. The van der Waals surface area contributed by atoms with Crippen LogP contribution in [0.2, 0.25) is 0 Å². The summed E-state index contributed by atoms with van der Waals surface area (Å²) in [7, 11) is 0. The van der Waals surface area contributed by atoms with Crippen molar-refractivity contribution in [3.8, 4) is 0 Å². The number of hydrogen-bond donors (Lipinski definition) is 5. The lowest BCUT2D eigenvalue weighted by atomic mass is 9.44. The van der Waals surface area contributed by atoms with E-state index < -0.39 is 145 Å². The molecule has 4 aliphatic rings. The van der Waals surface area contributed by atoms with Gasteiger partial charge in [-0.05, 0) is 54.8 Å². The van der Waals surface area contributed by atoms with Gasteiger partial charge in [-0.2, -0.15) is 0 Å².